The SMILES string of the molecule is Cc1cnc(C)c(-c2cc(O)c3c(c2)CN(C(=O)c2cc(C)[nH]n2)CCO3)n1. The van der Waals surface area contributed by atoms with Crippen molar-refractivity contribution in [2.45, 2.75) is 27.3 Å². The second-order valence-electron chi connectivity index (χ2n) is 6.94. The van der Waals surface area contributed by atoms with Gasteiger partial charge in [0.05, 0.1) is 23.6 Å². The number of hydrogen-bond donors (Lipinski definition) is 2. The van der Waals surface area contributed by atoms with Crippen LogP contribution in [0, 0.1) is 20.8 Å². The van der Waals surface area contributed by atoms with Gasteiger partial charge in [-0.05, 0) is 39.0 Å². The number of ether oxygens (including phenoxy) is 1. The van der Waals surface area contributed by atoms with Crippen molar-refractivity contribution in [1.82, 2.24) is 25.1 Å². The van der Waals surface area contributed by atoms with Gasteiger partial charge in [0.25, 0.3) is 5.91 Å². The molecular weight excluding hydrogens is 358 g/mol. The van der Waals surface area contributed by atoms with Crippen molar-refractivity contribution in [3.8, 4) is 22.8 Å². The number of fused-ring (bicyclic) bond motifs is 1. The lowest BCUT2D eigenvalue weighted by Gasteiger charge is -2.19. The van der Waals surface area contributed by atoms with Gasteiger partial charge in [0, 0.05) is 29.6 Å². The lowest BCUT2D eigenvalue weighted by Crippen LogP contribution is -2.32. The van der Waals surface area contributed by atoms with E-state index in [0.717, 1.165) is 28.2 Å². The molecule has 2 N–H and O–H groups in total. The van der Waals surface area contributed by atoms with Crippen molar-refractivity contribution in [2.75, 3.05) is 13.2 Å². The summed E-state index contributed by atoms with van der Waals surface area (Å²) in [7, 11) is 0. The number of rotatable bonds is 2. The lowest BCUT2D eigenvalue weighted by atomic mass is 10.0. The Labute approximate surface area is 162 Å². The standard InChI is InChI=1S/C20H21N5O3/c1-11-6-16(24-23-11)20(27)25-4-5-28-19-15(10-25)7-14(8-17(19)26)18-13(3)21-9-12(2)22-18/h6-9,26H,4-5,10H2,1-3H3,(H,23,24). The summed E-state index contributed by atoms with van der Waals surface area (Å²) in [5, 5.41) is 17.4. The molecule has 0 aliphatic carbocycles. The molecule has 0 saturated carbocycles. The van der Waals surface area contributed by atoms with Gasteiger partial charge in [0.1, 0.15) is 12.3 Å². The number of H-pyrrole nitrogens is 1. The fourth-order valence-corrected chi connectivity index (χ4v) is 3.31. The maximum atomic E-state index is 12.8. The van der Waals surface area contributed by atoms with Crippen molar-refractivity contribution in [3.63, 3.8) is 0 Å². The number of aromatic hydroxyl groups is 1. The third-order valence-corrected chi connectivity index (χ3v) is 4.68. The quantitative estimate of drug-likeness (QED) is 0.709. The fraction of sp³-hybridized carbons (Fsp3) is 0.300. The van der Waals surface area contributed by atoms with Crippen LogP contribution in [0.5, 0.6) is 11.5 Å². The minimum absolute atomic E-state index is 0.0279. The average molecular weight is 379 g/mol. The van der Waals surface area contributed by atoms with Gasteiger partial charge >= 0.3 is 0 Å². The molecule has 1 aromatic carbocycles. The molecule has 8 nitrogen and oxygen atoms in total. The first kappa shape index (κ1) is 18.0. The molecule has 1 aliphatic rings. The van der Waals surface area contributed by atoms with Gasteiger partial charge < -0.3 is 14.7 Å². The number of phenolic OH excluding ortho intramolecular Hbond substituents is 1. The van der Waals surface area contributed by atoms with Gasteiger partial charge in [-0.3, -0.25) is 14.9 Å². The zero-order chi connectivity index (χ0) is 19.8. The summed E-state index contributed by atoms with van der Waals surface area (Å²) in [5.74, 6) is 0.243. The summed E-state index contributed by atoms with van der Waals surface area (Å²) in [5.41, 5.74) is 4.89. The lowest BCUT2D eigenvalue weighted by molar-refractivity contribution is 0.0727. The van der Waals surface area contributed by atoms with Crippen LogP contribution in [-0.2, 0) is 6.54 Å². The fourth-order valence-electron chi connectivity index (χ4n) is 3.31. The van der Waals surface area contributed by atoms with E-state index in [1.165, 1.54) is 0 Å². The van der Waals surface area contributed by atoms with E-state index in [1.54, 1.807) is 23.2 Å². The topological polar surface area (TPSA) is 104 Å². The van der Waals surface area contributed by atoms with Crippen LogP contribution in [0.1, 0.15) is 33.1 Å². The molecule has 1 aliphatic heterocycles. The number of carbonyl (C=O) groups excluding carboxylic acids is 1. The van der Waals surface area contributed by atoms with Crippen LogP contribution in [0.15, 0.2) is 24.4 Å². The summed E-state index contributed by atoms with van der Waals surface area (Å²) in [6, 6.07) is 5.24. The van der Waals surface area contributed by atoms with E-state index in [2.05, 4.69) is 20.2 Å². The van der Waals surface area contributed by atoms with Crippen LogP contribution in [0.4, 0.5) is 0 Å². The Balaban J connectivity index is 1.72. The number of amides is 1. The highest BCUT2D eigenvalue weighted by Gasteiger charge is 2.25. The first-order valence-corrected chi connectivity index (χ1v) is 9.03. The number of benzene rings is 1. The highest BCUT2D eigenvalue weighted by Crippen LogP contribution is 2.37. The van der Waals surface area contributed by atoms with Gasteiger partial charge in [-0.1, -0.05) is 0 Å². The number of aromatic amines is 1. The summed E-state index contributed by atoms with van der Waals surface area (Å²) < 4.78 is 5.74. The molecule has 3 aromatic rings. The summed E-state index contributed by atoms with van der Waals surface area (Å²) >= 11 is 0. The van der Waals surface area contributed by atoms with E-state index >= 15 is 0 Å². The molecule has 1 amide bonds. The molecule has 0 bridgehead atoms. The molecule has 0 unspecified atom stereocenters. The van der Waals surface area contributed by atoms with E-state index in [1.807, 2.05) is 26.8 Å². The van der Waals surface area contributed by atoms with Crippen LogP contribution < -0.4 is 4.74 Å². The molecule has 2 aromatic heterocycles. The molecule has 0 atom stereocenters. The summed E-state index contributed by atoms with van der Waals surface area (Å²) in [6.45, 7) is 6.58. The smallest absolute Gasteiger partial charge is 0.274 e. The van der Waals surface area contributed by atoms with Gasteiger partial charge in [0.15, 0.2) is 11.5 Å². The number of hydrogen-bond acceptors (Lipinski definition) is 6. The first-order valence-electron chi connectivity index (χ1n) is 9.03. The Bertz CT molecular complexity index is 1060. The van der Waals surface area contributed by atoms with Crippen molar-refractivity contribution < 1.29 is 14.6 Å². The van der Waals surface area contributed by atoms with E-state index in [-0.39, 0.29) is 11.7 Å². The Kier molecular flexibility index (Phi) is 4.46. The Morgan fingerprint density at radius 1 is 1.25 bits per heavy atom. The van der Waals surface area contributed by atoms with Crippen LogP contribution in [0.3, 0.4) is 0 Å². The Morgan fingerprint density at radius 3 is 2.82 bits per heavy atom. The van der Waals surface area contributed by atoms with Crippen molar-refractivity contribution in [1.29, 1.82) is 0 Å². The normalized spacial score (nSPS) is 13.6. The zero-order valence-corrected chi connectivity index (χ0v) is 16.0. The highest BCUT2D eigenvalue weighted by atomic mass is 16.5. The Morgan fingerprint density at radius 2 is 2.07 bits per heavy atom. The number of carbonyl (C=O) groups is 1. The molecule has 8 heteroatoms. The first-order chi connectivity index (χ1) is 13.4. The third-order valence-electron chi connectivity index (χ3n) is 4.68. The van der Waals surface area contributed by atoms with Crippen LogP contribution in [0.25, 0.3) is 11.3 Å². The molecular formula is C20H21N5O3. The van der Waals surface area contributed by atoms with E-state index in [0.29, 0.717) is 36.8 Å². The second kappa shape index (κ2) is 6.95. The number of nitrogens with zero attached hydrogens (tertiary/aromatic N) is 4. The van der Waals surface area contributed by atoms with Gasteiger partial charge in [-0.15, -0.1) is 0 Å². The van der Waals surface area contributed by atoms with E-state index < -0.39 is 0 Å². The van der Waals surface area contributed by atoms with Gasteiger partial charge in [-0.25, -0.2) is 4.98 Å². The molecule has 0 fully saturated rings. The van der Waals surface area contributed by atoms with Crippen LogP contribution in [-0.4, -0.2) is 49.2 Å². The summed E-state index contributed by atoms with van der Waals surface area (Å²) in [6.07, 6.45) is 1.71. The largest absolute Gasteiger partial charge is 0.504 e. The van der Waals surface area contributed by atoms with Crippen LogP contribution in [0.2, 0.25) is 0 Å². The average Bonchev–Trinajstić information content (AvgIpc) is 2.97. The molecule has 28 heavy (non-hydrogen) atoms. The van der Waals surface area contributed by atoms with Crippen molar-refractivity contribution >= 4 is 5.91 Å². The summed E-state index contributed by atoms with van der Waals surface area (Å²) in [4.78, 5) is 23.4. The van der Waals surface area contributed by atoms with Crippen molar-refractivity contribution in [3.05, 3.63) is 52.7 Å². The van der Waals surface area contributed by atoms with Crippen LogP contribution >= 0.6 is 0 Å². The number of nitrogens with one attached hydrogen (secondary N) is 1. The zero-order valence-electron chi connectivity index (χ0n) is 16.0. The molecule has 0 spiro atoms. The number of aromatic nitrogens is 4. The predicted molar refractivity (Wildman–Crippen MR) is 102 cm³/mol. The molecule has 144 valence electrons. The molecule has 0 saturated heterocycles. The molecule has 0 radical (unpaired) electrons. The Hall–Kier alpha value is -3.42. The second-order valence-corrected chi connectivity index (χ2v) is 6.94. The number of aryl methyl sites for hydroxylation is 3. The minimum Gasteiger partial charge on any atom is -0.504 e. The van der Waals surface area contributed by atoms with E-state index in [9.17, 15) is 9.90 Å². The predicted octanol–water partition coefficient (Wildman–Crippen LogP) is 2.53. The third kappa shape index (κ3) is 3.28. The monoisotopic (exact) mass is 379 g/mol. The highest BCUT2D eigenvalue weighted by molar-refractivity contribution is 5.92. The molecule has 3 heterocycles. The maximum absolute atomic E-state index is 12.8. The number of phenols is 1. The maximum Gasteiger partial charge on any atom is 0.274 e. The minimum atomic E-state index is -0.183. The molecule has 4 rings (SSSR count). The van der Waals surface area contributed by atoms with Gasteiger partial charge in [-0.2, -0.15) is 5.10 Å². The van der Waals surface area contributed by atoms with Crippen molar-refractivity contribution in [2.24, 2.45) is 0 Å². The van der Waals surface area contributed by atoms with Gasteiger partial charge in [0.2, 0.25) is 0 Å². The van der Waals surface area contributed by atoms with E-state index in [4.69, 9.17) is 4.74 Å².